The molecule has 3 aromatic rings. The Kier molecular flexibility index (Phi) is 15.5. The van der Waals surface area contributed by atoms with E-state index in [2.05, 4.69) is 129 Å². The predicted octanol–water partition coefficient (Wildman–Crippen LogP) is 6.39. The molecule has 3 saturated heterocycles. The molecule has 0 spiro atoms. The third-order valence-electron chi connectivity index (χ3n) is 10.3. The number of pyridine rings is 3. The molecule has 0 bridgehead atoms. The molecule has 14 nitrogen and oxygen atoms in total. The fraction of sp³-hybridized carbons (Fsp3) is 0.447. The maximum atomic E-state index is 12.1. The average Bonchev–Trinajstić information content (AvgIpc) is 3.18. The Balaban J connectivity index is 0.000000202. The van der Waals surface area contributed by atoms with Crippen molar-refractivity contribution in [3.8, 4) is 0 Å². The van der Waals surface area contributed by atoms with E-state index in [1.807, 2.05) is 24.3 Å². The lowest BCUT2D eigenvalue weighted by molar-refractivity contribution is -0.124. The van der Waals surface area contributed by atoms with Crippen LogP contribution in [-0.4, -0.2) is 62.6 Å². The summed E-state index contributed by atoms with van der Waals surface area (Å²) in [5.74, 6) is -1.11. The zero-order chi connectivity index (χ0) is 45.3. The summed E-state index contributed by atoms with van der Waals surface area (Å²) in [7, 11) is 0. The van der Waals surface area contributed by atoms with Crippen LogP contribution in [0.3, 0.4) is 0 Å². The van der Waals surface area contributed by atoms with E-state index in [0.717, 1.165) is 41.0 Å². The largest absolute Gasteiger partial charge is 0.372 e. The second-order valence-electron chi connectivity index (χ2n) is 18.7. The van der Waals surface area contributed by atoms with Gasteiger partial charge in [0.2, 0.25) is 17.7 Å². The van der Waals surface area contributed by atoms with Crippen LogP contribution in [0.2, 0.25) is 0 Å². The molecule has 3 unspecified atom stereocenters. The molecule has 3 aliphatic heterocycles. The first-order chi connectivity index (χ1) is 28.4. The first-order valence-corrected chi connectivity index (χ1v) is 20.6. The standard InChI is InChI=1S/2C16H21N3O2.C15H21N3O/c2*1-10-5-7-13(15(21)18-10)19-14(20)12-8-6-11(9-17-12)16(2,3)4;1-10-5-7-12(14(19)17-10)18-11-6-8-13(16-9-11)15(2,3)4/h2*6,8-9,13H,1,5,7H2,2-4H3,(H,18,21)(H,19,20);6,8-9,12,18H,1,5,7H2,2-4H3,(H,17,19). The number of carbonyl (C=O) groups excluding carboxylic acids is 5. The lowest BCUT2D eigenvalue weighted by Crippen LogP contribution is -2.49. The quantitative estimate of drug-likeness (QED) is 0.163. The lowest BCUT2D eigenvalue weighted by atomic mass is 9.88. The summed E-state index contributed by atoms with van der Waals surface area (Å²) < 4.78 is 0. The summed E-state index contributed by atoms with van der Waals surface area (Å²) in [4.78, 5) is 72.4. The molecular weight excluding hydrogens is 771 g/mol. The van der Waals surface area contributed by atoms with Gasteiger partial charge in [0.05, 0.1) is 11.9 Å². The summed E-state index contributed by atoms with van der Waals surface area (Å²) in [5.41, 5.74) is 6.88. The van der Waals surface area contributed by atoms with Crippen molar-refractivity contribution >= 4 is 35.2 Å². The van der Waals surface area contributed by atoms with Gasteiger partial charge < -0.3 is 31.9 Å². The third-order valence-corrected chi connectivity index (χ3v) is 10.3. The summed E-state index contributed by atoms with van der Waals surface area (Å²) in [6, 6.07) is 9.90. The van der Waals surface area contributed by atoms with E-state index in [9.17, 15) is 24.0 Å². The highest BCUT2D eigenvalue weighted by Crippen LogP contribution is 2.24. The number of hydrogen-bond acceptors (Lipinski definition) is 9. The molecule has 3 fully saturated rings. The van der Waals surface area contributed by atoms with Crippen LogP contribution in [0.15, 0.2) is 91.8 Å². The summed E-state index contributed by atoms with van der Waals surface area (Å²) >= 11 is 0. The SMILES string of the molecule is C=C1CCC(NC(=O)c2ccc(C(C)(C)C)cn2)C(=O)N1.C=C1CCC(NC(=O)c2ccc(C(C)(C)C)cn2)C(=O)N1.C=C1CCC(Nc2ccc(C(C)(C)C)nc2)C(=O)N1. The molecule has 3 aromatic heterocycles. The van der Waals surface area contributed by atoms with Gasteiger partial charge in [0.1, 0.15) is 29.5 Å². The predicted molar refractivity (Wildman–Crippen MR) is 238 cm³/mol. The van der Waals surface area contributed by atoms with Gasteiger partial charge in [0.25, 0.3) is 11.8 Å². The number of amides is 5. The highest BCUT2D eigenvalue weighted by atomic mass is 16.2. The van der Waals surface area contributed by atoms with E-state index >= 15 is 0 Å². The Morgan fingerprint density at radius 1 is 0.541 bits per heavy atom. The number of nitrogens with one attached hydrogen (secondary N) is 6. The van der Waals surface area contributed by atoms with Crippen LogP contribution >= 0.6 is 0 Å². The maximum absolute atomic E-state index is 12.1. The molecule has 6 rings (SSSR count). The van der Waals surface area contributed by atoms with Gasteiger partial charge in [-0.1, -0.05) is 94.2 Å². The molecule has 0 saturated carbocycles. The van der Waals surface area contributed by atoms with Crippen LogP contribution in [-0.2, 0) is 30.6 Å². The molecule has 6 N–H and O–H groups in total. The van der Waals surface area contributed by atoms with Crippen LogP contribution < -0.4 is 31.9 Å². The average molecular weight is 834 g/mol. The van der Waals surface area contributed by atoms with Gasteiger partial charge in [-0.25, -0.2) is 0 Å². The number of hydrogen-bond donors (Lipinski definition) is 6. The molecule has 14 heteroatoms. The Bertz CT molecular complexity index is 2000. The number of allylic oxidation sites excluding steroid dienone is 3. The van der Waals surface area contributed by atoms with E-state index in [1.54, 1.807) is 30.7 Å². The van der Waals surface area contributed by atoms with E-state index in [1.165, 1.54) is 0 Å². The highest BCUT2D eigenvalue weighted by molar-refractivity contribution is 5.97. The van der Waals surface area contributed by atoms with Crippen molar-refractivity contribution in [2.75, 3.05) is 5.32 Å². The van der Waals surface area contributed by atoms with E-state index < -0.39 is 12.1 Å². The van der Waals surface area contributed by atoms with Gasteiger partial charge >= 0.3 is 0 Å². The Morgan fingerprint density at radius 3 is 1.23 bits per heavy atom. The van der Waals surface area contributed by atoms with Gasteiger partial charge in [0.15, 0.2) is 0 Å². The van der Waals surface area contributed by atoms with Crippen LogP contribution in [0.25, 0.3) is 0 Å². The molecule has 5 amide bonds. The monoisotopic (exact) mass is 833 g/mol. The third kappa shape index (κ3) is 14.2. The van der Waals surface area contributed by atoms with Gasteiger partial charge in [-0.15, -0.1) is 0 Å². The Morgan fingerprint density at radius 2 is 0.934 bits per heavy atom. The van der Waals surface area contributed by atoms with Crippen LogP contribution in [0, 0.1) is 0 Å². The second-order valence-corrected chi connectivity index (χ2v) is 18.7. The van der Waals surface area contributed by atoms with Crippen molar-refractivity contribution in [2.24, 2.45) is 0 Å². The van der Waals surface area contributed by atoms with Crippen LogP contribution in [0.5, 0.6) is 0 Å². The molecule has 326 valence electrons. The van der Waals surface area contributed by atoms with Crippen LogP contribution in [0.1, 0.15) is 139 Å². The van der Waals surface area contributed by atoms with Gasteiger partial charge in [-0.2, -0.15) is 0 Å². The number of nitrogens with zero attached hydrogens (tertiary/aromatic N) is 3. The van der Waals surface area contributed by atoms with Gasteiger partial charge in [-0.3, -0.25) is 38.9 Å². The normalized spacial score (nSPS) is 19.4. The zero-order valence-electron chi connectivity index (χ0n) is 37.2. The van der Waals surface area contributed by atoms with Crippen molar-refractivity contribution in [3.63, 3.8) is 0 Å². The minimum atomic E-state index is -0.521. The van der Waals surface area contributed by atoms with Gasteiger partial charge in [0, 0.05) is 40.6 Å². The number of piperidine rings is 3. The molecule has 0 aliphatic carbocycles. The minimum absolute atomic E-state index is 0.00831. The Hall–Kier alpha value is -6.18. The number of anilines is 1. The first kappa shape index (κ1) is 47.5. The summed E-state index contributed by atoms with van der Waals surface area (Å²) in [6.07, 6.45) is 9.27. The zero-order valence-corrected chi connectivity index (χ0v) is 37.2. The summed E-state index contributed by atoms with van der Waals surface area (Å²) in [5, 5.41) is 16.7. The van der Waals surface area contributed by atoms with Gasteiger partial charge in [-0.05, 0) is 84.7 Å². The first-order valence-electron chi connectivity index (χ1n) is 20.6. The topological polar surface area (TPSA) is 196 Å². The van der Waals surface area contributed by atoms with Crippen molar-refractivity contribution in [1.82, 2.24) is 41.5 Å². The minimum Gasteiger partial charge on any atom is -0.372 e. The van der Waals surface area contributed by atoms with E-state index in [4.69, 9.17) is 0 Å². The molecule has 3 atom stereocenters. The number of carbonyl (C=O) groups is 5. The van der Waals surface area contributed by atoms with Crippen molar-refractivity contribution in [1.29, 1.82) is 0 Å². The molecule has 61 heavy (non-hydrogen) atoms. The van der Waals surface area contributed by atoms with Crippen LogP contribution in [0.4, 0.5) is 5.69 Å². The number of aromatic nitrogens is 3. The number of rotatable bonds is 6. The fourth-order valence-corrected chi connectivity index (χ4v) is 6.27. The molecule has 0 radical (unpaired) electrons. The molecule has 0 aromatic carbocycles. The molecular formula is C47H63N9O5. The van der Waals surface area contributed by atoms with E-state index in [0.29, 0.717) is 48.5 Å². The molecule has 6 heterocycles. The fourth-order valence-electron chi connectivity index (χ4n) is 6.27. The van der Waals surface area contributed by atoms with Crippen molar-refractivity contribution in [2.45, 2.75) is 135 Å². The Labute approximate surface area is 360 Å². The highest BCUT2D eigenvalue weighted by Gasteiger charge is 2.28. The maximum Gasteiger partial charge on any atom is 0.270 e. The second kappa shape index (κ2) is 19.9. The van der Waals surface area contributed by atoms with E-state index in [-0.39, 0.29) is 51.8 Å². The van der Waals surface area contributed by atoms with Crippen molar-refractivity contribution < 1.29 is 24.0 Å². The van der Waals surface area contributed by atoms with Crippen molar-refractivity contribution in [3.05, 3.63) is 120 Å². The lowest BCUT2D eigenvalue weighted by Gasteiger charge is -2.25. The molecule has 3 aliphatic rings. The smallest absolute Gasteiger partial charge is 0.270 e. The summed E-state index contributed by atoms with van der Waals surface area (Å²) in [6.45, 7) is 30.1.